The molecule has 2 unspecified atom stereocenters. The third kappa shape index (κ3) is 5.78. The number of hydrogen-bond donors (Lipinski definition) is 2. The van der Waals surface area contributed by atoms with Gasteiger partial charge in [0.1, 0.15) is 11.6 Å². The molecule has 9 heteroatoms. The van der Waals surface area contributed by atoms with E-state index in [4.69, 9.17) is 4.74 Å². The standard InChI is InChI=1S/C21H26N4O3S2/c1-14-5-7-17(8-6-14)13-20-23-21(29-24-20)22-15(2)16(3)25-30(26,27)19-11-9-18(28-4)10-12-19/h5-12,15-16,25H,13H2,1-4H3,(H,22,23,24). The largest absolute Gasteiger partial charge is 0.497 e. The highest BCUT2D eigenvalue weighted by atomic mass is 32.2. The predicted molar refractivity (Wildman–Crippen MR) is 120 cm³/mol. The van der Waals surface area contributed by atoms with Gasteiger partial charge in [-0.3, -0.25) is 0 Å². The molecule has 1 aromatic heterocycles. The molecule has 0 saturated carbocycles. The van der Waals surface area contributed by atoms with Crippen LogP contribution in [0.3, 0.4) is 0 Å². The molecule has 0 aliphatic heterocycles. The first kappa shape index (κ1) is 22.2. The lowest BCUT2D eigenvalue weighted by molar-refractivity contribution is 0.414. The highest BCUT2D eigenvalue weighted by molar-refractivity contribution is 7.89. The van der Waals surface area contributed by atoms with Crippen LogP contribution in [0.15, 0.2) is 53.4 Å². The highest BCUT2D eigenvalue weighted by Gasteiger charge is 2.22. The van der Waals surface area contributed by atoms with Gasteiger partial charge in [-0.1, -0.05) is 29.8 Å². The molecular formula is C21H26N4O3S2. The summed E-state index contributed by atoms with van der Waals surface area (Å²) >= 11 is 1.27. The minimum absolute atomic E-state index is 0.182. The van der Waals surface area contributed by atoms with E-state index in [0.717, 1.165) is 11.4 Å². The van der Waals surface area contributed by atoms with E-state index in [9.17, 15) is 8.42 Å². The number of sulfonamides is 1. The van der Waals surface area contributed by atoms with Gasteiger partial charge in [-0.2, -0.15) is 4.37 Å². The second-order valence-electron chi connectivity index (χ2n) is 7.20. The first-order chi connectivity index (χ1) is 14.3. The summed E-state index contributed by atoms with van der Waals surface area (Å²) in [5.74, 6) is 1.35. The Hall–Kier alpha value is -2.49. The van der Waals surface area contributed by atoms with Crippen LogP contribution in [0, 0.1) is 6.92 Å². The Bertz CT molecular complexity index is 1060. The maximum Gasteiger partial charge on any atom is 0.240 e. The number of hydrogen-bond acceptors (Lipinski definition) is 7. The SMILES string of the molecule is COc1ccc(S(=O)(=O)NC(C)C(C)Nc2nc(Cc3ccc(C)cc3)ns2)cc1. The minimum atomic E-state index is -3.64. The number of aromatic nitrogens is 2. The van der Waals surface area contributed by atoms with Crippen molar-refractivity contribution < 1.29 is 13.2 Å². The fourth-order valence-corrected chi connectivity index (χ4v) is 4.77. The summed E-state index contributed by atoms with van der Waals surface area (Å²) in [5, 5.41) is 3.91. The second kappa shape index (κ2) is 9.55. The molecule has 0 fully saturated rings. The van der Waals surface area contributed by atoms with Crippen molar-refractivity contribution in [2.24, 2.45) is 0 Å². The molecule has 1 heterocycles. The monoisotopic (exact) mass is 446 g/mol. The number of aryl methyl sites for hydroxylation is 1. The predicted octanol–water partition coefficient (Wildman–Crippen LogP) is 3.61. The number of benzene rings is 2. The summed E-state index contributed by atoms with van der Waals surface area (Å²) in [6.07, 6.45) is 0.659. The fraction of sp³-hybridized carbons (Fsp3) is 0.333. The average Bonchev–Trinajstić information content (AvgIpc) is 3.16. The van der Waals surface area contributed by atoms with E-state index < -0.39 is 10.0 Å². The molecule has 3 aromatic rings. The second-order valence-corrected chi connectivity index (χ2v) is 9.66. The van der Waals surface area contributed by atoms with E-state index >= 15 is 0 Å². The Kier molecular flexibility index (Phi) is 7.06. The van der Waals surface area contributed by atoms with Crippen molar-refractivity contribution in [1.82, 2.24) is 14.1 Å². The molecule has 0 radical (unpaired) electrons. The minimum Gasteiger partial charge on any atom is -0.497 e. The van der Waals surface area contributed by atoms with Crippen molar-refractivity contribution >= 4 is 26.7 Å². The summed E-state index contributed by atoms with van der Waals surface area (Å²) in [5.41, 5.74) is 2.37. The van der Waals surface area contributed by atoms with Crippen LogP contribution in [0.25, 0.3) is 0 Å². The molecule has 0 aliphatic carbocycles. The molecule has 7 nitrogen and oxygen atoms in total. The number of ether oxygens (including phenoxy) is 1. The number of anilines is 1. The van der Waals surface area contributed by atoms with Crippen LogP contribution < -0.4 is 14.8 Å². The van der Waals surface area contributed by atoms with Crippen LogP contribution in [-0.2, 0) is 16.4 Å². The van der Waals surface area contributed by atoms with Crippen molar-refractivity contribution in [2.75, 3.05) is 12.4 Å². The van der Waals surface area contributed by atoms with E-state index in [0.29, 0.717) is 17.3 Å². The third-order valence-electron chi connectivity index (χ3n) is 4.76. The Balaban J connectivity index is 1.59. The van der Waals surface area contributed by atoms with Crippen LogP contribution in [0.2, 0.25) is 0 Å². The molecular weight excluding hydrogens is 420 g/mol. The van der Waals surface area contributed by atoms with Gasteiger partial charge in [0.15, 0.2) is 0 Å². The lowest BCUT2D eigenvalue weighted by Crippen LogP contribution is -2.43. The normalized spacial score (nSPS) is 13.6. The van der Waals surface area contributed by atoms with Crippen LogP contribution in [0.4, 0.5) is 5.13 Å². The van der Waals surface area contributed by atoms with Gasteiger partial charge >= 0.3 is 0 Å². The molecule has 30 heavy (non-hydrogen) atoms. The zero-order chi connectivity index (χ0) is 21.7. The van der Waals surface area contributed by atoms with Gasteiger partial charge in [0.2, 0.25) is 15.2 Å². The lowest BCUT2D eigenvalue weighted by atomic mass is 10.1. The third-order valence-corrected chi connectivity index (χ3v) is 7.02. The number of nitrogens with zero attached hydrogens (tertiary/aromatic N) is 2. The van der Waals surface area contributed by atoms with Crippen molar-refractivity contribution in [3.8, 4) is 5.75 Å². The zero-order valence-corrected chi connectivity index (χ0v) is 19.0. The topological polar surface area (TPSA) is 93.2 Å². The molecule has 0 saturated heterocycles. The molecule has 3 rings (SSSR count). The van der Waals surface area contributed by atoms with E-state index in [2.05, 4.69) is 50.6 Å². The summed E-state index contributed by atoms with van der Waals surface area (Å²) in [4.78, 5) is 4.72. The van der Waals surface area contributed by atoms with E-state index in [1.807, 2.05) is 13.8 Å². The van der Waals surface area contributed by atoms with Crippen molar-refractivity contribution in [3.05, 3.63) is 65.5 Å². The van der Waals surface area contributed by atoms with Crippen LogP contribution in [0.5, 0.6) is 5.75 Å². The summed E-state index contributed by atoms with van der Waals surface area (Å²) in [6.45, 7) is 5.77. The van der Waals surface area contributed by atoms with E-state index in [1.165, 1.54) is 36.3 Å². The molecule has 0 bridgehead atoms. The number of nitrogens with one attached hydrogen (secondary N) is 2. The summed E-state index contributed by atoms with van der Waals surface area (Å²) in [7, 11) is -2.10. The Morgan fingerprint density at radius 1 is 1.03 bits per heavy atom. The highest BCUT2D eigenvalue weighted by Crippen LogP contribution is 2.18. The van der Waals surface area contributed by atoms with Gasteiger partial charge < -0.3 is 10.1 Å². The molecule has 160 valence electrons. The van der Waals surface area contributed by atoms with Gasteiger partial charge in [-0.15, -0.1) is 0 Å². The lowest BCUT2D eigenvalue weighted by Gasteiger charge is -2.22. The van der Waals surface area contributed by atoms with E-state index in [-0.39, 0.29) is 17.0 Å². The summed E-state index contributed by atoms with van der Waals surface area (Å²) < 4.78 is 37.4. The van der Waals surface area contributed by atoms with Gasteiger partial charge in [0, 0.05) is 30.0 Å². The Labute approximate surface area is 181 Å². The molecule has 2 atom stereocenters. The molecule has 2 aromatic carbocycles. The quantitative estimate of drug-likeness (QED) is 0.522. The Morgan fingerprint density at radius 2 is 1.70 bits per heavy atom. The molecule has 2 N–H and O–H groups in total. The molecule has 0 spiro atoms. The van der Waals surface area contributed by atoms with Gasteiger partial charge in [-0.05, 0) is 50.6 Å². The van der Waals surface area contributed by atoms with Gasteiger partial charge in [0.05, 0.1) is 12.0 Å². The number of rotatable bonds is 9. The first-order valence-corrected chi connectivity index (χ1v) is 11.8. The maximum atomic E-state index is 12.6. The summed E-state index contributed by atoms with van der Waals surface area (Å²) in [6, 6.07) is 14.0. The van der Waals surface area contributed by atoms with Crippen LogP contribution in [-0.4, -0.2) is 37.0 Å². The van der Waals surface area contributed by atoms with Crippen molar-refractivity contribution in [1.29, 1.82) is 0 Å². The molecule has 0 aliphatic rings. The first-order valence-electron chi connectivity index (χ1n) is 9.58. The van der Waals surface area contributed by atoms with Crippen LogP contribution >= 0.6 is 11.5 Å². The van der Waals surface area contributed by atoms with Crippen molar-refractivity contribution in [3.63, 3.8) is 0 Å². The van der Waals surface area contributed by atoms with Crippen LogP contribution in [0.1, 0.15) is 30.8 Å². The van der Waals surface area contributed by atoms with Gasteiger partial charge in [-0.25, -0.2) is 18.1 Å². The maximum absolute atomic E-state index is 12.6. The fourth-order valence-electron chi connectivity index (χ4n) is 2.76. The molecule has 0 amide bonds. The van der Waals surface area contributed by atoms with Crippen molar-refractivity contribution in [2.45, 2.75) is 44.2 Å². The van der Waals surface area contributed by atoms with Gasteiger partial charge in [0.25, 0.3) is 0 Å². The number of methoxy groups -OCH3 is 1. The zero-order valence-electron chi connectivity index (χ0n) is 17.4. The average molecular weight is 447 g/mol. The Morgan fingerprint density at radius 3 is 2.33 bits per heavy atom. The smallest absolute Gasteiger partial charge is 0.240 e. The van der Waals surface area contributed by atoms with E-state index in [1.54, 1.807) is 12.1 Å².